The van der Waals surface area contributed by atoms with E-state index in [-0.39, 0.29) is 0 Å². The van der Waals surface area contributed by atoms with Crippen molar-refractivity contribution >= 4 is 15.9 Å². The largest absolute Gasteiger partial charge is 0.337 e. The molecule has 18 heavy (non-hydrogen) atoms. The lowest BCUT2D eigenvalue weighted by atomic mass is 9.98. The second-order valence-electron chi connectivity index (χ2n) is 4.60. The number of rotatable bonds is 4. The zero-order valence-corrected chi connectivity index (χ0v) is 12.1. The van der Waals surface area contributed by atoms with Gasteiger partial charge in [0.05, 0.1) is 5.54 Å². The van der Waals surface area contributed by atoms with Crippen molar-refractivity contribution in [1.29, 1.82) is 0 Å². The first-order chi connectivity index (χ1) is 8.53. The topological polar surface area (TPSA) is 64.9 Å². The lowest BCUT2D eigenvalue weighted by Crippen LogP contribution is -2.33. The van der Waals surface area contributed by atoms with E-state index < -0.39 is 5.54 Å². The molecule has 0 fully saturated rings. The Labute approximate surface area is 115 Å². The summed E-state index contributed by atoms with van der Waals surface area (Å²) in [5.74, 6) is 1.05. The third kappa shape index (κ3) is 2.79. The van der Waals surface area contributed by atoms with Crippen LogP contribution in [0.2, 0.25) is 0 Å². The fourth-order valence-corrected chi connectivity index (χ4v) is 2.23. The fourth-order valence-electron chi connectivity index (χ4n) is 1.83. The molecular weight excluding hydrogens is 294 g/mol. The Hall–Kier alpha value is -1.20. The smallest absolute Gasteiger partial charge is 0.246 e. The molecule has 5 heteroatoms. The molecule has 0 saturated carbocycles. The molecule has 0 aliphatic carbocycles. The molecule has 2 rings (SSSR count). The molecule has 2 N–H and O–H groups in total. The van der Waals surface area contributed by atoms with E-state index in [1.54, 1.807) is 0 Å². The summed E-state index contributed by atoms with van der Waals surface area (Å²) in [5, 5.41) is 3.99. The molecule has 0 bridgehead atoms. The van der Waals surface area contributed by atoms with Crippen molar-refractivity contribution in [3.63, 3.8) is 0 Å². The highest BCUT2D eigenvalue weighted by Gasteiger charge is 2.27. The summed E-state index contributed by atoms with van der Waals surface area (Å²) in [5.41, 5.74) is 6.51. The number of aromatic nitrogens is 2. The molecule has 0 saturated heterocycles. The zero-order valence-electron chi connectivity index (χ0n) is 10.5. The minimum atomic E-state index is -0.563. The number of nitrogens with zero attached hydrogens (tertiary/aromatic N) is 2. The number of hydrogen-bond donors (Lipinski definition) is 1. The number of benzene rings is 1. The van der Waals surface area contributed by atoms with Crippen LogP contribution in [-0.4, -0.2) is 10.1 Å². The second kappa shape index (κ2) is 5.20. The first-order valence-corrected chi connectivity index (χ1v) is 6.71. The Bertz CT molecular complexity index is 537. The van der Waals surface area contributed by atoms with Crippen molar-refractivity contribution in [2.75, 3.05) is 0 Å². The van der Waals surface area contributed by atoms with Crippen LogP contribution in [0.15, 0.2) is 33.3 Å². The highest BCUT2D eigenvalue weighted by atomic mass is 79.9. The summed E-state index contributed by atoms with van der Waals surface area (Å²) in [6, 6.07) is 7.77. The Morgan fingerprint density at radius 3 is 2.89 bits per heavy atom. The Balaban J connectivity index is 2.31. The lowest BCUT2D eigenvalue weighted by Gasteiger charge is -2.18. The van der Waals surface area contributed by atoms with E-state index >= 15 is 0 Å². The maximum absolute atomic E-state index is 6.16. The molecule has 0 radical (unpaired) electrons. The van der Waals surface area contributed by atoms with Gasteiger partial charge in [-0.2, -0.15) is 4.98 Å². The van der Waals surface area contributed by atoms with Gasteiger partial charge in [-0.05, 0) is 25.5 Å². The summed E-state index contributed by atoms with van der Waals surface area (Å²) in [6.45, 7) is 3.99. The minimum Gasteiger partial charge on any atom is -0.337 e. The Morgan fingerprint density at radius 2 is 2.22 bits per heavy atom. The van der Waals surface area contributed by atoms with Gasteiger partial charge in [-0.1, -0.05) is 46.6 Å². The van der Waals surface area contributed by atoms with E-state index in [1.807, 2.05) is 31.2 Å². The van der Waals surface area contributed by atoms with Crippen LogP contribution in [0, 0.1) is 0 Å². The minimum absolute atomic E-state index is 0.485. The summed E-state index contributed by atoms with van der Waals surface area (Å²) in [4.78, 5) is 4.39. The zero-order chi connectivity index (χ0) is 13.2. The van der Waals surface area contributed by atoms with Gasteiger partial charge < -0.3 is 10.3 Å². The quantitative estimate of drug-likeness (QED) is 0.939. The fraction of sp³-hybridized carbons (Fsp3) is 0.385. The first-order valence-electron chi connectivity index (χ1n) is 5.92. The van der Waals surface area contributed by atoms with Gasteiger partial charge in [0.25, 0.3) is 0 Å². The van der Waals surface area contributed by atoms with Gasteiger partial charge in [0.15, 0.2) is 0 Å². The van der Waals surface area contributed by atoms with Crippen LogP contribution in [0.5, 0.6) is 0 Å². The molecule has 2 aromatic rings. The average molecular weight is 310 g/mol. The number of halogens is 1. The van der Waals surface area contributed by atoms with Gasteiger partial charge in [-0.3, -0.25) is 0 Å². The molecule has 1 aromatic heterocycles. The molecule has 1 unspecified atom stereocenters. The monoisotopic (exact) mass is 309 g/mol. The van der Waals surface area contributed by atoms with Gasteiger partial charge >= 0.3 is 0 Å². The van der Waals surface area contributed by atoms with Crippen molar-refractivity contribution < 1.29 is 4.52 Å². The molecule has 0 aliphatic rings. The third-order valence-electron chi connectivity index (χ3n) is 2.77. The predicted molar refractivity (Wildman–Crippen MR) is 73.9 cm³/mol. The van der Waals surface area contributed by atoms with Gasteiger partial charge in [-0.15, -0.1) is 0 Å². The number of hydrogen-bond acceptors (Lipinski definition) is 4. The maximum atomic E-state index is 6.16. The summed E-state index contributed by atoms with van der Waals surface area (Å²) < 4.78 is 6.26. The van der Waals surface area contributed by atoms with Gasteiger partial charge in [0.2, 0.25) is 11.7 Å². The van der Waals surface area contributed by atoms with Gasteiger partial charge in [0, 0.05) is 10.0 Å². The SMILES string of the molecule is CCCC(C)(N)c1nc(-c2cccc(Br)c2)no1. The van der Waals surface area contributed by atoms with E-state index in [9.17, 15) is 0 Å². The van der Waals surface area contributed by atoms with E-state index in [1.165, 1.54) is 0 Å². The Morgan fingerprint density at radius 1 is 1.44 bits per heavy atom. The predicted octanol–water partition coefficient (Wildman–Crippen LogP) is 3.47. The van der Waals surface area contributed by atoms with Crippen LogP contribution in [0.3, 0.4) is 0 Å². The normalized spacial score (nSPS) is 14.4. The average Bonchev–Trinajstić information content (AvgIpc) is 2.78. The van der Waals surface area contributed by atoms with Crippen molar-refractivity contribution in [2.45, 2.75) is 32.2 Å². The lowest BCUT2D eigenvalue weighted by molar-refractivity contribution is 0.284. The summed E-state index contributed by atoms with van der Waals surface area (Å²) in [6.07, 6.45) is 1.79. The molecule has 1 atom stereocenters. The van der Waals surface area contributed by atoms with Crippen LogP contribution in [0.4, 0.5) is 0 Å². The molecular formula is C13H16BrN3O. The van der Waals surface area contributed by atoms with Crippen LogP contribution >= 0.6 is 15.9 Å². The maximum Gasteiger partial charge on any atom is 0.246 e. The standard InChI is InChI=1S/C13H16BrN3O/c1-3-7-13(2,15)12-16-11(17-18-12)9-5-4-6-10(14)8-9/h4-6,8H,3,7,15H2,1-2H3. The molecule has 0 aliphatic heterocycles. The molecule has 1 aromatic carbocycles. The van der Waals surface area contributed by atoms with Crippen LogP contribution in [-0.2, 0) is 5.54 Å². The molecule has 4 nitrogen and oxygen atoms in total. The second-order valence-corrected chi connectivity index (χ2v) is 5.52. The van der Waals surface area contributed by atoms with Crippen molar-refractivity contribution in [3.05, 3.63) is 34.6 Å². The van der Waals surface area contributed by atoms with E-state index in [0.29, 0.717) is 11.7 Å². The molecule has 0 amide bonds. The van der Waals surface area contributed by atoms with E-state index in [2.05, 4.69) is 33.0 Å². The third-order valence-corrected chi connectivity index (χ3v) is 3.26. The van der Waals surface area contributed by atoms with Crippen molar-refractivity contribution in [2.24, 2.45) is 5.73 Å². The van der Waals surface area contributed by atoms with Gasteiger partial charge in [0.1, 0.15) is 0 Å². The molecule has 96 valence electrons. The first kappa shape index (κ1) is 13.2. The molecule has 0 spiro atoms. The van der Waals surface area contributed by atoms with Crippen molar-refractivity contribution in [3.8, 4) is 11.4 Å². The summed E-state index contributed by atoms with van der Waals surface area (Å²) >= 11 is 3.42. The Kier molecular flexibility index (Phi) is 3.82. The van der Waals surface area contributed by atoms with Crippen molar-refractivity contribution in [1.82, 2.24) is 10.1 Å². The molecule has 1 heterocycles. The number of nitrogens with two attached hydrogens (primary N) is 1. The highest BCUT2D eigenvalue weighted by Crippen LogP contribution is 2.25. The van der Waals surface area contributed by atoms with E-state index in [4.69, 9.17) is 10.3 Å². The van der Waals surface area contributed by atoms with Crippen LogP contribution in [0.1, 0.15) is 32.6 Å². The van der Waals surface area contributed by atoms with E-state index in [0.717, 1.165) is 22.9 Å². The highest BCUT2D eigenvalue weighted by molar-refractivity contribution is 9.10. The summed E-state index contributed by atoms with van der Waals surface area (Å²) in [7, 11) is 0. The van der Waals surface area contributed by atoms with Crippen LogP contribution < -0.4 is 5.73 Å². The van der Waals surface area contributed by atoms with Crippen LogP contribution in [0.25, 0.3) is 11.4 Å². The van der Waals surface area contributed by atoms with Gasteiger partial charge in [-0.25, -0.2) is 0 Å².